The number of benzene rings is 1. The lowest BCUT2D eigenvalue weighted by Crippen LogP contribution is -2.34. The first-order chi connectivity index (χ1) is 13.4. The monoisotopic (exact) mass is 443 g/mol. The molecular formula is C22H26BrN3O2. The van der Waals surface area contributed by atoms with Crippen molar-refractivity contribution in [3.63, 3.8) is 0 Å². The van der Waals surface area contributed by atoms with E-state index in [1.165, 1.54) is 0 Å². The lowest BCUT2D eigenvalue weighted by Gasteiger charge is -2.35. The van der Waals surface area contributed by atoms with Crippen LogP contribution in [0.15, 0.2) is 39.1 Å². The van der Waals surface area contributed by atoms with E-state index < -0.39 is 5.92 Å². The maximum absolute atomic E-state index is 13.1. The third kappa shape index (κ3) is 3.68. The van der Waals surface area contributed by atoms with E-state index in [-0.39, 0.29) is 5.78 Å². The zero-order chi connectivity index (χ0) is 20.4. The number of rotatable bonds is 5. The van der Waals surface area contributed by atoms with Crippen LogP contribution in [-0.2, 0) is 4.79 Å². The molecular weight excluding hydrogens is 418 g/mol. The minimum absolute atomic E-state index is 0.128. The number of nitrogen functional groups attached to an aromatic ring is 1. The van der Waals surface area contributed by atoms with E-state index in [4.69, 9.17) is 10.5 Å². The number of ketones is 1. The van der Waals surface area contributed by atoms with E-state index in [0.29, 0.717) is 46.0 Å². The van der Waals surface area contributed by atoms with Crippen LogP contribution in [0.3, 0.4) is 0 Å². The number of nitrogens with one attached hydrogen (secondary N) is 1. The van der Waals surface area contributed by atoms with E-state index >= 15 is 0 Å². The number of allylic oxidation sites excluding steroid dienone is 4. The van der Waals surface area contributed by atoms with Crippen molar-refractivity contribution >= 4 is 27.4 Å². The lowest BCUT2D eigenvalue weighted by atomic mass is 9.72. The second-order valence-electron chi connectivity index (χ2n) is 7.43. The molecule has 1 aromatic rings. The first-order valence-corrected chi connectivity index (χ1v) is 10.6. The molecule has 28 heavy (non-hydrogen) atoms. The van der Waals surface area contributed by atoms with Crippen molar-refractivity contribution in [2.75, 3.05) is 12.3 Å². The van der Waals surface area contributed by atoms with Crippen LogP contribution in [0.2, 0.25) is 0 Å². The number of nitrogens with zero attached hydrogens (tertiary/aromatic N) is 1. The van der Waals surface area contributed by atoms with Gasteiger partial charge in [0.05, 0.1) is 29.9 Å². The zero-order valence-corrected chi connectivity index (χ0v) is 18.1. The largest absolute Gasteiger partial charge is 0.492 e. The minimum Gasteiger partial charge on any atom is -0.492 e. The highest BCUT2D eigenvalue weighted by Gasteiger charge is 2.38. The number of Topliss-reactive ketones (excluding diaryl/α,β-unsaturated/α-hetero) is 1. The van der Waals surface area contributed by atoms with Gasteiger partial charge in [0, 0.05) is 27.9 Å². The summed E-state index contributed by atoms with van der Waals surface area (Å²) in [5, 5.41) is 13.2. The Labute approximate surface area is 174 Å². The van der Waals surface area contributed by atoms with E-state index in [1.54, 1.807) is 0 Å². The number of dihydropyridines is 1. The van der Waals surface area contributed by atoms with Crippen LogP contribution in [-0.4, -0.2) is 12.4 Å². The van der Waals surface area contributed by atoms with Crippen molar-refractivity contribution in [3.05, 3.63) is 44.7 Å². The first kappa shape index (κ1) is 20.5. The molecule has 2 unspecified atom stereocenters. The van der Waals surface area contributed by atoms with Crippen LogP contribution in [0.4, 0.5) is 5.69 Å². The van der Waals surface area contributed by atoms with Gasteiger partial charge in [-0.15, -0.1) is 0 Å². The third-order valence-electron chi connectivity index (χ3n) is 5.48. The van der Waals surface area contributed by atoms with Crippen molar-refractivity contribution in [1.29, 1.82) is 5.26 Å². The summed E-state index contributed by atoms with van der Waals surface area (Å²) in [5.41, 5.74) is 10.5. The molecule has 0 aromatic heterocycles. The smallest absolute Gasteiger partial charge is 0.161 e. The molecule has 0 spiro atoms. The van der Waals surface area contributed by atoms with Gasteiger partial charge in [-0.05, 0) is 66.2 Å². The van der Waals surface area contributed by atoms with Crippen LogP contribution in [0.1, 0.15) is 57.9 Å². The maximum Gasteiger partial charge on any atom is 0.161 e. The molecule has 3 N–H and O–H groups in total. The van der Waals surface area contributed by atoms with Crippen LogP contribution >= 0.6 is 15.9 Å². The second-order valence-corrected chi connectivity index (χ2v) is 8.29. The third-order valence-corrected chi connectivity index (χ3v) is 6.13. The van der Waals surface area contributed by atoms with Crippen molar-refractivity contribution in [1.82, 2.24) is 5.32 Å². The van der Waals surface area contributed by atoms with Crippen LogP contribution in [0.5, 0.6) is 5.75 Å². The van der Waals surface area contributed by atoms with E-state index in [1.807, 2.05) is 26.0 Å². The molecule has 1 aliphatic heterocycles. The van der Waals surface area contributed by atoms with Gasteiger partial charge < -0.3 is 15.8 Å². The Morgan fingerprint density at radius 3 is 2.75 bits per heavy atom. The fourth-order valence-corrected chi connectivity index (χ4v) is 4.73. The Morgan fingerprint density at radius 2 is 2.11 bits per heavy atom. The lowest BCUT2D eigenvalue weighted by molar-refractivity contribution is -0.117. The number of nitrogens with two attached hydrogens (primary N) is 1. The number of carbonyl (C=O) groups is 1. The fourth-order valence-electron chi connectivity index (χ4n) is 4.27. The predicted molar refractivity (Wildman–Crippen MR) is 114 cm³/mol. The van der Waals surface area contributed by atoms with Gasteiger partial charge in [0.2, 0.25) is 0 Å². The SMILES string of the molecule is CCCC1CC(=O)C2=C(C1)NC(C)=C(C#N)C2c1cc(Br)c(N)c(OCC)c1. The van der Waals surface area contributed by atoms with E-state index in [9.17, 15) is 10.1 Å². The van der Waals surface area contributed by atoms with Gasteiger partial charge >= 0.3 is 0 Å². The number of hydrogen-bond donors (Lipinski definition) is 2. The molecule has 0 amide bonds. The standard InChI is InChI=1S/C22H26BrN3O2/c1-4-6-13-7-17-21(18(27)8-13)20(15(11-24)12(3)26-17)14-9-16(23)22(25)19(10-14)28-5-2/h9-10,13,20,26H,4-8,25H2,1-3H3. The molecule has 1 aromatic carbocycles. The molecule has 5 nitrogen and oxygen atoms in total. The maximum atomic E-state index is 13.1. The van der Waals surface area contributed by atoms with Gasteiger partial charge in [0.1, 0.15) is 5.75 Å². The van der Waals surface area contributed by atoms with Gasteiger partial charge in [0.15, 0.2) is 5.78 Å². The molecule has 2 atom stereocenters. The van der Waals surface area contributed by atoms with Crippen molar-refractivity contribution < 1.29 is 9.53 Å². The van der Waals surface area contributed by atoms with Gasteiger partial charge in [-0.2, -0.15) is 5.26 Å². The Kier molecular flexibility index (Phi) is 6.14. The number of halogens is 1. The summed E-state index contributed by atoms with van der Waals surface area (Å²) >= 11 is 3.50. The van der Waals surface area contributed by atoms with Gasteiger partial charge in [-0.3, -0.25) is 4.79 Å². The van der Waals surface area contributed by atoms with Gasteiger partial charge in [-0.1, -0.05) is 13.3 Å². The van der Waals surface area contributed by atoms with E-state index in [0.717, 1.165) is 36.2 Å². The normalized spacial score (nSPS) is 21.9. The zero-order valence-electron chi connectivity index (χ0n) is 16.6. The Balaban J connectivity index is 2.15. The topological polar surface area (TPSA) is 88.1 Å². The molecule has 2 aliphatic rings. The molecule has 0 fully saturated rings. The van der Waals surface area contributed by atoms with Gasteiger partial charge in [-0.25, -0.2) is 0 Å². The molecule has 3 rings (SSSR count). The molecule has 6 heteroatoms. The van der Waals surface area contributed by atoms with E-state index in [2.05, 4.69) is 34.2 Å². The quantitative estimate of drug-likeness (QED) is 0.628. The number of carbonyl (C=O) groups excluding carboxylic acids is 1. The molecule has 0 saturated carbocycles. The highest BCUT2D eigenvalue weighted by atomic mass is 79.9. The molecule has 1 heterocycles. The summed E-state index contributed by atoms with van der Waals surface area (Å²) in [6, 6.07) is 6.08. The molecule has 0 bridgehead atoms. The van der Waals surface area contributed by atoms with Crippen LogP contribution < -0.4 is 15.8 Å². The Hall–Kier alpha value is -2.26. The number of hydrogen-bond acceptors (Lipinski definition) is 5. The summed E-state index contributed by atoms with van der Waals surface area (Å²) in [4.78, 5) is 13.1. The molecule has 0 radical (unpaired) electrons. The highest BCUT2D eigenvalue weighted by Crippen LogP contribution is 2.46. The number of ether oxygens (including phenoxy) is 1. The first-order valence-electron chi connectivity index (χ1n) is 9.76. The Morgan fingerprint density at radius 1 is 1.36 bits per heavy atom. The van der Waals surface area contributed by atoms with Crippen molar-refractivity contribution in [3.8, 4) is 11.8 Å². The number of anilines is 1. The summed E-state index contributed by atoms with van der Waals surface area (Å²) in [7, 11) is 0. The van der Waals surface area contributed by atoms with Gasteiger partial charge in [0.25, 0.3) is 0 Å². The van der Waals surface area contributed by atoms with Crippen LogP contribution in [0.25, 0.3) is 0 Å². The molecule has 0 saturated heterocycles. The summed E-state index contributed by atoms with van der Waals surface area (Å²) in [6.07, 6.45) is 3.47. The summed E-state index contributed by atoms with van der Waals surface area (Å²) in [5.74, 6) is 0.656. The minimum atomic E-state index is -0.396. The van der Waals surface area contributed by atoms with Crippen LogP contribution in [0, 0.1) is 17.2 Å². The predicted octanol–water partition coefficient (Wildman–Crippen LogP) is 4.95. The van der Waals surface area contributed by atoms with Crippen molar-refractivity contribution in [2.45, 2.75) is 52.4 Å². The summed E-state index contributed by atoms with van der Waals surface area (Å²) < 4.78 is 6.39. The molecule has 148 valence electrons. The second kappa shape index (κ2) is 8.40. The average Bonchev–Trinajstić information content (AvgIpc) is 2.64. The highest BCUT2D eigenvalue weighted by molar-refractivity contribution is 9.10. The number of nitriles is 1. The Bertz CT molecular complexity index is 911. The average molecular weight is 444 g/mol. The van der Waals surface area contributed by atoms with Crippen molar-refractivity contribution in [2.24, 2.45) is 5.92 Å². The molecule has 1 aliphatic carbocycles. The fraction of sp³-hybridized carbons (Fsp3) is 0.455. The summed E-state index contributed by atoms with van der Waals surface area (Å²) in [6.45, 7) is 6.43.